The number of hydrogen-bond acceptors (Lipinski definition) is 4. The molecule has 1 aromatic rings. The molecule has 2 nitrogen and oxygen atoms in total. The highest BCUT2D eigenvalue weighted by Crippen LogP contribution is 2.43. The van der Waals surface area contributed by atoms with E-state index in [1.807, 2.05) is 29.6 Å². The van der Waals surface area contributed by atoms with Crippen molar-refractivity contribution in [3.05, 3.63) is 22.2 Å². The fourth-order valence-corrected chi connectivity index (χ4v) is 5.04. The van der Waals surface area contributed by atoms with Crippen molar-refractivity contribution in [1.82, 2.24) is 9.97 Å². The number of rotatable bonds is 1. The van der Waals surface area contributed by atoms with Gasteiger partial charge >= 0.3 is 0 Å². The van der Waals surface area contributed by atoms with Crippen molar-refractivity contribution in [2.75, 3.05) is 5.75 Å². The maximum atomic E-state index is 5.33. The standard InChI is InChI=1S/C14H22N2S3/c1-8-9(2)19-10(7-18-8)13-15-11(14(3,4)5)6-12(17)16-13/h6,8-10H,7H2,1-5H3,(H,15,16,17). The molecule has 0 aliphatic carbocycles. The smallest absolute Gasteiger partial charge is 0.130 e. The summed E-state index contributed by atoms with van der Waals surface area (Å²) < 4.78 is 0.704. The van der Waals surface area contributed by atoms with E-state index in [0.717, 1.165) is 16.8 Å². The highest BCUT2D eigenvalue weighted by Gasteiger charge is 2.28. The van der Waals surface area contributed by atoms with E-state index < -0.39 is 0 Å². The van der Waals surface area contributed by atoms with Crippen molar-refractivity contribution in [1.29, 1.82) is 0 Å². The second kappa shape index (κ2) is 5.78. The van der Waals surface area contributed by atoms with Gasteiger partial charge in [-0.15, -0.1) is 11.8 Å². The molecule has 0 aromatic carbocycles. The van der Waals surface area contributed by atoms with Crippen molar-refractivity contribution in [3.63, 3.8) is 0 Å². The van der Waals surface area contributed by atoms with Crippen molar-refractivity contribution in [3.8, 4) is 0 Å². The molecule has 0 bridgehead atoms. The van der Waals surface area contributed by atoms with E-state index in [2.05, 4.69) is 44.6 Å². The van der Waals surface area contributed by atoms with Crippen LogP contribution in [-0.2, 0) is 5.41 Å². The molecule has 0 radical (unpaired) electrons. The predicted molar refractivity (Wildman–Crippen MR) is 89.8 cm³/mol. The van der Waals surface area contributed by atoms with Gasteiger partial charge in [0.15, 0.2) is 0 Å². The highest BCUT2D eigenvalue weighted by atomic mass is 32.2. The van der Waals surface area contributed by atoms with Crippen LogP contribution in [0.4, 0.5) is 0 Å². The Labute approximate surface area is 129 Å². The molecule has 19 heavy (non-hydrogen) atoms. The van der Waals surface area contributed by atoms with Gasteiger partial charge < -0.3 is 4.98 Å². The van der Waals surface area contributed by atoms with Gasteiger partial charge in [0.05, 0.1) is 5.25 Å². The highest BCUT2D eigenvalue weighted by molar-refractivity contribution is 8.07. The van der Waals surface area contributed by atoms with E-state index >= 15 is 0 Å². The van der Waals surface area contributed by atoms with E-state index in [9.17, 15) is 0 Å². The molecule has 1 saturated heterocycles. The minimum absolute atomic E-state index is 0.0800. The van der Waals surface area contributed by atoms with Crippen LogP contribution in [0.5, 0.6) is 0 Å². The molecule has 0 saturated carbocycles. The zero-order valence-electron chi connectivity index (χ0n) is 12.2. The van der Waals surface area contributed by atoms with Crippen molar-refractivity contribution < 1.29 is 0 Å². The maximum absolute atomic E-state index is 5.33. The Morgan fingerprint density at radius 3 is 2.58 bits per heavy atom. The van der Waals surface area contributed by atoms with Crippen LogP contribution >= 0.6 is 35.7 Å². The normalized spacial score (nSPS) is 28.4. The van der Waals surface area contributed by atoms with E-state index in [1.54, 1.807) is 0 Å². The fraction of sp³-hybridized carbons (Fsp3) is 0.714. The summed E-state index contributed by atoms with van der Waals surface area (Å²) in [5.74, 6) is 2.16. The van der Waals surface area contributed by atoms with Gasteiger partial charge in [-0.3, -0.25) is 0 Å². The summed E-state index contributed by atoms with van der Waals surface area (Å²) in [6, 6.07) is 1.99. The molecule has 1 fully saturated rings. The van der Waals surface area contributed by atoms with Crippen molar-refractivity contribution in [2.45, 2.75) is 55.8 Å². The first-order chi connectivity index (χ1) is 8.77. The summed E-state index contributed by atoms with van der Waals surface area (Å²) in [7, 11) is 0. The number of nitrogens with one attached hydrogen (secondary N) is 1. The monoisotopic (exact) mass is 314 g/mol. The summed E-state index contributed by atoms with van der Waals surface area (Å²) in [6.07, 6.45) is 0. The first-order valence-corrected chi connectivity index (χ1v) is 9.06. The molecule has 0 amide bonds. The SMILES string of the molecule is CC1SCC(c2nc(=S)cc(C(C)(C)C)[nH]2)SC1C. The third kappa shape index (κ3) is 3.76. The van der Waals surface area contributed by atoms with Crippen LogP contribution in [0, 0.1) is 4.64 Å². The molecule has 106 valence electrons. The van der Waals surface area contributed by atoms with Gasteiger partial charge in [0.2, 0.25) is 0 Å². The van der Waals surface area contributed by atoms with Gasteiger partial charge in [0.1, 0.15) is 10.5 Å². The van der Waals surface area contributed by atoms with Gasteiger partial charge in [-0.05, 0) is 6.07 Å². The van der Waals surface area contributed by atoms with Crippen LogP contribution in [0.15, 0.2) is 6.07 Å². The van der Waals surface area contributed by atoms with Crippen LogP contribution in [0.25, 0.3) is 0 Å². The quantitative estimate of drug-likeness (QED) is 0.758. The summed E-state index contributed by atoms with van der Waals surface area (Å²) in [6.45, 7) is 11.2. The first-order valence-electron chi connectivity index (χ1n) is 6.66. The zero-order valence-corrected chi connectivity index (χ0v) is 14.6. The minimum atomic E-state index is 0.0800. The molecule has 5 heteroatoms. The fourth-order valence-electron chi connectivity index (χ4n) is 1.96. The number of hydrogen-bond donors (Lipinski definition) is 1. The molecule has 3 atom stereocenters. The molecule has 0 spiro atoms. The zero-order chi connectivity index (χ0) is 14.2. The molecular formula is C14H22N2S3. The van der Waals surface area contributed by atoms with E-state index in [-0.39, 0.29) is 5.41 Å². The third-order valence-electron chi connectivity index (χ3n) is 3.42. The van der Waals surface area contributed by atoms with Gasteiger partial charge in [0, 0.05) is 27.4 Å². The Bertz CT molecular complexity index is 504. The second-order valence-corrected chi connectivity index (χ2v) is 9.55. The summed E-state index contributed by atoms with van der Waals surface area (Å²) in [4.78, 5) is 8.07. The lowest BCUT2D eigenvalue weighted by molar-refractivity contribution is 0.561. The number of aromatic amines is 1. The predicted octanol–water partition coefficient (Wildman–Crippen LogP) is 4.73. The van der Waals surface area contributed by atoms with Crippen LogP contribution in [-0.4, -0.2) is 26.2 Å². The lowest BCUT2D eigenvalue weighted by Gasteiger charge is -2.31. The Kier molecular flexibility index (Phi) is 4.68. The number of H-pyrrole nitrogens is 1. The van der Waals surface area contributed by atoms with Gasteiger partial charge in [0.25, 0.3) is 0 Å². The molecule has 1 aromatic heterocycles. The third-order valence-corrected chi connectivity index (χ3v) is 7.03. The van der Waals surface area contributed by atoms with Crippen LogP contribution in [0.1, 0.15) is 51.4 Å². The lowest BCUT2D eigenvalue weighted by atomic mass is 9.92. The van der Waals surface area contributed by atoms with Crippen molar-refractivity contribution >= 4 is 35.7 Å². The second-order valence-electron chi connectivity index (χ2n) is 6.14. The van der Waals surface area contributed by atoms with Crippen LogP contribution in [0.3, 0.4) is 0 Å². The molecule has 1 N–H and O–H groups in total. The lowest BCUT2D eigenvalue weighted by Crippen LogP contribution is -2.24. The summed E-state index contributed by atoms with van der Waals surface area (Å²) >= 11 is 9.38. The van der Waals surface area contributed by atoms with Gasteiger partial charge in [-0.2, -0.15) is 11.8 Å². The van der Waals surface area contributed by atoms with Gasteiger partial charge in [-0.25, -0.2) is 4.98 Å². The van der Waals surface area contributed by atoms with Gasteiger partial charge in [-0.1, -0.05) is 46.8 Å². The number of nitrogens with zero attached hydrogens (tertiary/aromatic N) is 1. The van der Waals surface area contributed by atoms with E-state index in [1.165, 1.54) is 5.69 Å². The molecular weight excluding hydrogens is 292 g/mol. The maximum Gasteiger partial charge on any atom is 0.130 e. The first kappa shape index (κ1) is 15.4. The molecule has 2 heterocycles. The largest absolute Gasteiger partial charge is 0.346 e. The summed E-state index contributed by atoms with van der Waals surface area (Å²) in [5, 5.41) is 1.81. The van der Waals surface area contributed by atoms with Crippen LogP contribution in [0.2, 0.25) is 0 Å². The Morgan fingerprint density at radius 1 is 1.32 bits per heavy atom. The number of aromatic nitrogens is 2. The van der Waals surface area contributed by atoms with E-state index in [0.29, 0.717) is 15.1 Å². The average Bonchev–Trinajstić information content (AvgIpc) is 2.31. The number of thioether (sulfide) groups is 2. The van der Waals surface area contributed by atoms with E-state index in [4.69, 9.17) is 12.2 Å². The minimum Gasteiger partial charge on any atom is -0.346 e. The topological polar surface area (TPSA) is 28.7 Å². The Balaban J connectivity index is 2.30. The van der Waals surface area contributed by atoms with Crippen LogP contribution < -0.4 is 0 Å². The molecule has 3 unspecified atom stereocenters. The molecule has 2 rings (SSSR count). The Morgan fingerprint density at radius 2 is 2.00 bits per heavy atom. The average molecular weight is 315 g/mol. The van der Waals surface area contributed by atoms with Crippen molar-refractivity contribution in [2.24, 2.45) is 0 Å². The molecule has 1 aliphatic rings. The summed E-state index contributed by atoms with van der Waals surface area (Å²) in [5.41, 5.74) is 1.26. The molecule has 1 aliphatic heterocycles. The Hall–Kier alpha value is -0.000000000000000111.